The Bertz CT molecular complexity index is 568. The van der Waals surface area contributed by atoms with Crippen LogP contribution < -0.4 is 10.1 Å². The molecule has 4 nitrogen and oxygen atoms in total. The van der Waals surface area contributed by atoms with Gasteiger partial charge in [0.05, 0.1) is 18.8 Å². The van der Waals surface area contributed by atoms with Crippen LogP contribution in [0.2, 0.25) is 0 Å². The van der Waals surface area contributed by atoms with Gasteiger partial charge in [0.25, 0.3) is 0 Å². The van der Waals surface area contributed by atoms with Gasteiger partial charge >= 0.3 is 0 Å². The van der Waals surface area contributed by atoms with Gasteiger partial charge in [-0.25, -0.2) is 0 Å². The van der Waals surface area contributed by atoms with E-state index < -0.39 is 0 Å². The average Bonchev–Trinajstić information content (AvgIpc) is 2.93. The van der Waals surface area contributed by atoms with Crippen LogP contribution in [-0.2, 0) is 6.54 Å². The van der Waals surface area contributed by atoms with Gasteiger partial charge in [-0.15, -0.1) is 0 Å². The minimum atomic E-state index is 0.0745. The lowest BCUT2D eigenvalue weighted by atomic mass is 10.0. The molecule has 2 aromatic rings. The lowest BCUT2D eigenvalue weighted by Crippen LogP contribution is -2.25. The highest BCUT2D eigenvalue weighted by Crippen LogP contribution is 2.32. The predicted molar refractivity (Wildman–Crippen MR) is 84.1 cm³/mol. The van der Waals surface area contributed by atoms with E-state index >= 15 is 0 Å². The summed E-state index contributed by atoms with van der Waals surface area (Å²) in [7, 11) is 1.70. The molecule has 0 aliphatic rings. The van der Waals surface area contributed by atoms with Crippen molar-refractivity contribution in [1.29, 1.82) is 0 Å². The SMILES string of the molecule is CCNC(c1ccc(Br)cc1OC)c1ccnn1CC. The molecule has 0 saturated carbocycles. The van der Waals surface area contributed by atoms with Gasteiger partial charge in [-0.05, 0) is 31.7 Å². The Kier molecular flexibility index (Phi) is 5.20. The molecule has 1 N–H and O–H groups in total. The summed E-state index contributed by atoms with van der Waals surface area (Å²) in [5.74, 6) is 0.870. The van der Waals surface area contributed by atoms with Gasteiger partial charge in [0.1, 0.15) is 5.75 Å². The van der Waals surface area contributed by atoms with Crippen molar-refractivity contribution in [1.82, 2.24) is 15.1 Å². The molecule has 5 heteroatoms. The van der Waals surface area contributed by atoms with Crippen molar-refractivity contribution in [2.45, 2.75) is 26.4 Å². The van der Waals surface area contributed by atoms with E-state index in [1.54, 1.807) is 7.11 Å². The summed E-state index contributed by atoms with van der Waals surface area (Å²) in [6.45, 7) is 5.92. The Labute approximate surface area is 128 Å². The maximum atomic E-state index is 5.53. The number of aryl methyl sites for hydroxylation is 1. The number of aromatic nitrogens is 2. The van der Waals surface area contributed by atoms with E-state index in [9.17, 15) is 0 Å². The fourth-order valence-electron chi connectivity index (χ4n) is 2.35. The molecule has 1 heterocycles. The molecule has 0 spiro atoms. The third kappa shape index (κ3) is 3.04. The largest absolute Gasteiger partial charge is 0.496 e. The summed E-state index contributed by atoms with van der Waals surface area (Å²) >= 11 is 3.48. The summed E-state index contributed by atoms with van der Waals surface area (Å²) in [6.07, 6.45) is 1.84. The van der Waals surface area contributed by atoms with Crippen molar-refractivity contribution in [3.8, 4) is 5.75 Å². The number of hydrogen-bond donors (Lipinski definition) is 1. The van der Waals surface area contributed by atoms with Gasteiger partial charge in [-0.3, -0.25) is 4.68 Å². The average molecular weight is 338 g/mol. The third-order valence-electron chi connectivity index (χ3n) is 3.26. The van der Waals surface area contributed by atoms with Crippen molar-refractivity contribution in [2.24, 2.45) is 0 Å². The Morgan fingerprint density at radius 3 is 2.80 bits per heavy atom. The Morgan fingerprint density at radius 2 is 2.15 bits per heavy atom. The molecule has 1 aromatic heterocycles. The predicted octanol–water partition coefficient (Wildman–Crippen LogP) is 3.37. The molecule has 0 aliphatic heterocycles. The van der Waals surface area contributed by atoms with Crippen LogP contribution in [0.15, 0.2) is 34.9 Å². The number of ether oxygens (including phenoxy) is 1. The number of methoxy groups -OCH3 is 1. The number of benzene rings is 1. The van der Waals surface area contributed by atoms with Gasteiger partial charge in [-0.1, -0.05) is 28.9 Å². The molecular formula is C15H20BrN3O. The fourth-order valence-corrected chi connectivity index (χ4v) is 2.69. The van der Waals surface area contributed by atoms with Crippen molar-refractivity contribution in [2.75, 3.05) is 13.7 Å². The molecular weight excluding hydrogens is 318 g/mol. The third-order valence-corrected chi connectivity index (χ3v) is 3.75. The number of nitrogens with zero attached hydrogens (tertiary/aromatic N) is 2. The quantitative estimate of drug-likeness (QED) is 0.878. The highest BCUT2D eigenvalue weighted by atomic mass is 79.9. The summed E-state index contributed by atoms with van der Waals surface area (Å²) in [4.78, 5) is 0. The molecule has 108 valence electrons. The molecule has 1 aromatic carbocycles. The van der Waals surface area contributed by atoms with Gasteiger partial charge in [-0.2, -0.15) is 5.10 Å². The van der Waals surface area contributed by atoms with Crippen molar-refractivity contribution in [3.05, 3.63) is 46.2 Å². The molecule has 2 rings (SSSR count). The zero-order chi connectivity index (χ0) is 14.5. The minimum Gasteiger partial charge on any atom is -0.496 e. The Morgan fingerprint density at radius 1 is 1.35 bits per heavy atom. The second-order valence-corrected chi connectivity index (χ2v) is 5.36. The highest BCUT2D eigenvalue weighted by molar-refractivity contribution is 9.10. The first-order valence-corrected chi connectivity index (χ1v) is 7.59. The van der Waals surface area contributed by atoms with Crippen LogP contribution in [0.1, 0.15) is 31.1 Å². The first-order chi connectivity index (χ1) is 9.71. The molecule has 20 heavy (non-hydrogen) atoms. The molecule has 1 unspecified atom stereocenters. The van der Waals surface area contributed by atoms with Crippen LogP contribution in [0.5, 0.6) is 5.75 Å². The smallest absolute Gasteiger partial charge is 0.125 e. The minimum absolute atomic E-state index is 0.0745. The van der Waals surface area contributed by atoms with Crippen LogP contribution in [0.4, 0.5) is 0 Å². The van der Waals surface area contributed by atoms with E-state index in [4.69, 9.17) is 4.74 Å². The summed E-state index contributed by atoms with van der Waals surface area (Å²) in [5.41, 5.74) is 2.27. The normalized spacial score (nSPS) is 12.4. The highest BCUT2D eigenvalue weighted by Gasteiger charge is 2.20. The second-order valence-electron chi connectivity index (χ2n) is 4.45. The van der Waals surface area contributed by atoms with E-state index in [0.29, 0.717) is 0 Å². The number of halogens is 1. The molecule has 0 fully saturated rings. The van der Waals surface area contributed by atoms with E-state index in [0.717, 1.165) is 34.6 Å². The zero-order valence-electron chi connectivity index (χ0n) is 12.1. The second kappa shape index (κ2) is 6.90. The first kappa shape index (κ1) is 15.1. The first-order valence-electron chi connectivity index (χ1n) is 6.79. The summed E-state index contributed by atoms with van der Waals surface area (Å²) in [6, 6.07) is 8.24. The number of nitrogens with one attached hydrogen (secondary N) is 1. The van der Waals surface area contributed by atoms with Gasteiger partial charge in [0.2, 0.25) is 0 Å². The molecule has 0 aliphatic carbocycles. The van der Waals surface area contributed by atoms with E-state index in [1.165, 1.54) is 0 Å². The molecule has 0 bridgehead atoms. The zero-order valence-corrected chi connectivity index (χ0v) is 13.6. The van der Waals surface area contributed by atoms with E-state index in [1.807, 2.05) is 23.0 Å². The summed E-state index contributed by atoms with van der Waals surface area (Å²) in [5, 5.41) is 7.88. The lowest BCUT2D eigenvalue weighted by molar-refractivity contribution is 0.402. The van der Waals surface area contributed by atoms with Gasteiger partial charge in [0.15, 0.2) is 0 Å². The van der Waals surface area contributed by atoms with Gasteiger partial charge < -0.3 is 10.1 Å². The van der Waals surface area contributed by atoms with Gasteiger partial charge in [0, 0.05) is 22.8 Å². The van der Waals surface area contributed by atoms with E-state index in [-0.39, 0.29) is 6.04 Å². The molecule has 0 saturated heterocycles. The fraction of sp³-hybridized carbons (Fsp3) is 0.400. The number of rotatable bonds is 6. The Hall–Kier alpha value is -1.33. The maximum absolute atomic E-state index is 5.53. The van der Waals surface area contributed by atoms with Crippen LogP contribution in [0.3, 0.4) is 0 Å². The number of hydrogen-bond acceptors (Lipinski definition) is 3. The van der Waals surface area contributed by atoms with Crippen molar-refractivity contribution >= 4 is 15.9 Å². The molecule has 0 amide bonds. The standard InChI is InChI=1S/C15H20BrN3O/c1-4-17-15(13-8-9-18-19(13)5-2)12-7-6-11(16)10-14(12)20-3/h6-10,15,17H,4-5H2,1-3H3. The van der Waals surface area contributed by atoms with Crippen LogP contribution in [-0.4, -0.2) is 23.4 Å². The maximum Gasteiger partial charge on any atom is 0.125 e. The summed E-state index contributed by atoms with van der Waals surface area (Å²) < 4.78 is 8.55. The van der Waals surface area contributed by atoms with E-state index in [2.05, 4.69) is 52.3 Å². The van der Waals surface area contributed by atoms with Crippen molar-refractivity contribution < 1.29 is 4.74 Å². The van der Waals surface area contributed by atoms with Crippen LogP contribution in [0.25, 0.3) is 0 Å². The van der Waals surface area contributed by atoms with Crippen LogP contribution in [0, 0.1) is 0 Å². The topological polar surface area (TPSA) is 39.1 Å². The Balaban J connectivity index is 2.48. The molecule has 1 atom stereocenters. The lowest BCUT2D eigenvalue weighted by Gasteiger charge is -2.22. The molecule has 0 radical (unpaired) electrons. The monoisotopic (exact) mass is 337 g/mol. The van der Waals surface area contributed by atoms with Crippen molar-refractivity contribution in [3.63, 3.8) is 0 Å². The van der Waals surface area contributed by atoms with Crippen LogP contribution >= 0.6 is 15.9 Å².